The first kappa shape index (κ1) is 15.6. The number of nitrogens with zero attached hydrogens (tertiary/aromatic N) is 2. The third kappa shape index (κ3) is 2.96. The second-order valence-corrected chi connectivity index (χ2v) is 7.08. The highest BCUT2D eigenvalue weighted by Gasteiger charge is 2.24. The fourth-order valence-electron chi connectivity index (χ4n) is 3.00. The molecule has 0 unspecified atom stereocenters. The molecule has 0 aliphatic rings. The van der Waals surface area contributed by atoms with Gasteiger partial charge in [-0.1, -0.05) is 45.0 Å². The number of fused-ring (bicyclic) bond motifs is 1. The molecule has 0 bridgehead atoms. The molecule has 0 N–H and O–H groups in total. The molecule has 3 aromatic rings. The van der Waals surface area contributed by atoms with Crippen molar-refractivity contribution in [1.29, 1.82) is 0 Å². The summed E-state index contributed by atoms with van der Waals surface area (Å²) in [7, 11) is 1.72. The summed E-state index contributed by atoms with van der Waals surface area (Å²) in [6, 6.07) is 12.4. The fourth-order valence-corrected chi connectivity index (χ4v) is 3.00. The Morgan fingerprint density at radius 2 is 1.83 bits per heavy atom. The average Bonchev–Trinajstić information content (AvgIpc) is 2.86. The summed E-state index contributed by atoms with van der Waals surface area (Å²) in [6.45, 7) is 8.76. The maximum atomic E-state index is 5.53. The van der Waals surface area contributed by atoms with Crippen LogP contribution >= 0.6 is 0 Å². The van der Waals surface area contributed by atoms with Crippen molar-refractivity contribution in [2.24, 2.45) is 0 Å². The molecule has 23 heavy (non-hydrogen) atoms. The van der Waals surface area contributed by atoms with Crippen molar-refractivity contribution in [2.45, 2.75) is 39.5 Å². The zero-order chi connectivity index (χ0) is 16.6. The van der Waals surface area contributed by atoms with Crippen LogP contribution in [-0.2, 0) is 11.8 Å². The summed E-state index contributed by atoms with van der Waals surface area (Å²) in [4.78, 5) is 4.90. The van der Waals surface area contributed by atoms with Gasteiger partial charge in [0.25, 0.3) is 0 Å². The number of para-hydroxylation sites is 1. The van der Waals surface area contributed by atoms with Crippen LogP contribution in [0.25, 0.3) is 5.65 Å². The van der Waals surface area contributed by atoms with E-state index in [1.165, 1.54) is 16.8 Å². The van der Waals surface area contributed by atoms with Crippen molar-refractivity contribution in [3.8, 4) is 5.75 Å². The molecule has 0 aliphatic heterocycles. The number of hydrogen-bond acceptors (Lipinski definition) is 2. The molecule has 0 spiro atoms. The van der Waals surface area contributed by atoms with E-state index in [9.17, 15) is 0 Å². The van der Waals surface area contributed by atoms with E-state index in [-0.39, 0.29) is 5.41 Å². The van der Waals surface area contributed by atoms with Gasteiger partial charge in [0.05, 0.1) is 18.5 Å². The highest BCUT2D eigenvalue weighted by atomic mass is 16.5. The lowest BCUT2D eigenvalue weighted by atomic mass is 9.89. The summed E-state index contributed by atoms with van der Waals surface area (Å²) in [5.41, 5.74) is 5.80. The van der Waals surface area contributed by atoms with Crippen LogP contribution < -0.4 is 4.74 Å². The Labute approximate surface area is 137 Å². The topological polar surface area (TPSA) is 26.5 Å². The third-order valence-electron chi connectivity index (χ3n) is 4.13. The number of ether oxygens (including phenoxy) is 1. The first-order valence-corrected chi connectivity index (χ1v) is 8.00. The van der Waals surface area contributed by atoms with Gasteiger partial charge in [-0.3, -0.25) is 0 Å². The maximum absolute atomic E-state index is 5.53. The molecule has 0 atom stereocenters. The largest absolute Gasteiger partial charge is 0.496 e. The average molecular weight is 308 g/mol. The SMILES string of the molecule is COc1ccccc1Cc1c(C(C)(C)C)nc2ccc(C)cn12. The van der Waals surface area contributed by atoms with E-state index in [1.54, 1.807) is 7.11 Å². The van der Waals surface area contributed by atoms with E-state index in [2.05, 4.69) is 62.6 Å². The van der Waals surface area contributed by atoms with Crippen LogP contribution in [0.15, 0.2) is 42.6 Å². The van der Waals surface area contributed by atoms with Crippen LogP contribution in [0.1, 0.15) is 43.3 Å². The first-order valence-electron chi connectivity index (χ1n) is 8.00. The lowest BCUT2D eigenvalue weighted by molar-refractivity contribution is 0.410. The molecule has 2 heterocycles. The van der Waals surface area contributed by atoms with E-state index in [0.717, 1.165) is 23.5 Å². The third-order valence-corrected chi connectivity index (χ3v) is 4.13. The first-order chi connectivity index (χ1) is 10.9. The Kier molecular flexibility index (Phi) is 3.88. The second-order valence-electron chi connectivity index (χ2n) is 7.08. The minimum Gasteiger partial charge on any atom is -0.496 e. The molecule has 0 saturated carbocycles. The van der Waals surface area contributed by atoms with Gasteiger partial charge >= 0.3 is 0 Å². The molecule has 0 amide bonds. The molecule has 3 heteroatoms. The van der Waals surface area contributed by atoms with Gasteiger partial charge in [0.1, 0.15) is 11.4 Å². The van der Waals surface area contributed by atoms with E-state index >= 15 is 0 Å². The fraction of sp³-hybridized carbons (Fsp3) is 0.350. The van der Waals surface area contributed by atoms with Gasteiger partial charge in [-0.2, -0.15) is 0 Å². The highest BCUT2D eigenvalue weighted by Crippen LogP contribution is 2.30. The van der Waals surface area contributed by atoms with Gasteiger partial charge in [-0.15, -0.1) is 0 Å². The van der Waals surface area contributed by atoms with Crippen LogP contribution in [0.3, 0.4) is 0 Å². The van der Waals surface area contributed by atoms with Crippen LogP contribution in [0.4, 0.5) is 0 Å². The van der Waals surface area contributed by atoms with Gasteiger partial charge in [0.2, 0.25) is 0 Å². The molecule has 0 radical (unpaired) electrons. The van der Waals surface area contributed by atoms with Crippen LogP contribution in [0, 0.1) is 6.92 Å². The summed E-state index contributed by atoms with van der Waals surface area (Å²) < 4.78 is 7.75. The highest BCUT2D eigenvalue weighted by molar-refractivity contribution is 5.48. The number of hydrogen-bond donors (Lipinski definition) is 0. The van der Waals surface area contributed by atoms with Crippen LogP contribution in [0.2, 0.25) is 0 Å². The van der Waals surface area contributed by atoms with E-state index < -0.39 is 0 Å². The number of methoxy groups -OCH3 is 1. The number of pyridine rings is 1. The lowest BCUT2D eigenvalue weighted by Crippen LogP contribution is -2.15. The van der Waals surface area contributed by atoms with Crippen molar-refractivity contribution in [1.82, 2.24) is 9.38 Å². The Bertz CT molecular complexity index is 840. The molecule has 120 valence electrons. The second kappa shape index (κ2) is 5.73. The summed E-state index contributed by atoms with van der Waals surface area (Å²) in [5.74, 6) is 0.926. The predicted molar refractivity (Wildman–Crippen MR) is 94.4 cm³/mol. The van der Waals surface area contributed by atoms with Crippen molar-refractivity contribution < 1.29 is 4.74 Å². The molecule has 3 nitrogen and oxygen atoms in total. The monoisotopic (exact) mass is 308 g/mol. The van der Waals surface area contributed by atoms with Gasteiger partial charge in [-0.25, -0.2) is 4.98 Å². The zero-order valence-corrected chi connectivity index (χ0v) is 14.6. The van der Waals surface area contributed by atoms with Crippen molar-refractivity contribution in [2.75, 3.05) is 7.11 Å². The van der Waals surface area contributed by atoms with Gasteiger partial charge in [0, 0.05) is 23.6 Å². The van der Waals surface area contributed by atoms with Crippen LogP contribution in [0.5, 0.6) is 5.75 Å². The molecule has 1 aromatic carbocycles. The minimum absolute atomic E-state index is 0.00270. The Morgan fingerprint density at radius 1 is 1.09 bits per heavy atom. The molecular weight excluding hydrogens is 284 g/mol. The van der Waals surface area contributed by atoms with Gasteiger partial charge < -0.3 is 9.14 Å². The molecule has 2 aromatic heterocycles. The predicted octanol–water partition coefficient (Wildman–Crippen LogP) is 4.54. The molecule has 3 rings (SSSR count). The number of imidazole rings is 1. The standard InChI is InChI=1S/C20H24N2O/c1-14-10-11-18-21-19(20(2,3)4)16(22(18)13-14)12-15-8-6-7-9-17(15)23-5/h6-11,13H,12H2,1-5H3. The van der Waals surface area contributed by atoms with Crippen molar-refractivity contribution >= 4 is 5.65 Å². The van der Waals surface area contributed by atoms with E-state index in [0.29, 0.717) is 0 Å². The Morgan fingerprint density at radius 3 is 2.52 bits per heavy atom. The molecule has 0 fully saturated rings. The number of benzene rings is 1. The zero-order valence-electron chi connectivity index (χ0n) is 14.6. The number of aryl methyl sites for hydroxylation is 1. The van der Waals surface area contributed by atoms with E-state index in [1.807, 2.05) is 12.1 Å². The summed E-state index contributed by atoms with van der Waals surface area (Å²) >= 11 is 0. The van der Waals surface area contributed by atoms with Crippen molar-refractivity contribution in [3.63, 3.8) is 0 Å². The smallest absolute Gasteiger partial charge is 0.137 e. The van der Waals surface area contributed by atoms with Crippen LogP contribution in [-0.4, -0.2) is 16.5 Å². The lowest BCUT2D eigenvalue weighted by Gasteiger charge is -2.18. The quantitative estimate of drug-likeness (QED) is 0.710. The normalized spacial score (nSPS) is 11.9. The summed E-state index contributed by atoms with van der Waals surface area (Å²) in [5, 5.41) is 0. The van der Waals surface area contributed by atoms with Gasteiger partial charge in [0.15, 0.2) is 0 Å². The minimum atomic E-state index is -0.00270. The maximum Gasteiger partial charge on any atom is 0.137 e. The number of aromatic nitrogens is 2. The Hall–Kier alpha value is -2.29. The van der Waals surface area contributed by atoms with E-state index in [4.69, 9.17) is 9.72 Å². The molecule has 0 aliphatic carbocycles. The molecule has 0 saturated heterocycles. The van der Waals surface area contributed by atoms with Crippen molar-refractivity contribution in [3.05, 3.63) is 65.1 Å². The molecular formula is C20H24N2O. The van der Waals surface area contributed by atoms with Gasteiger partial charge in [-0.05, 0) is 24.6 Å². The Balaban J connectivity index is 2.20. The summed E-state index contributed by atoms with van der Waals surface area (Å²) in [6.07, 6.45) is 2.98. The number of rotatable bonds is 3.